The molecule has 1 aliphatic rings. The topological polar surface area (TPSA) is 40.5 Å². The van der Waals surface area contributed by atoms with Crippen LogP contribution in [0, 0.1) is 5.92 Å². The van der Waals surface area contributed by atoms with Crippen molar-refractivity contribution in [3.8, 4) is 0 Å². The van der Waals surface area contributed by atoms with Crippen molar-refractivity contribution in [3.05, 3.63) is 34.9 Å². The minimum atomic E-state index is 0.0548. The number of aliphatic hydroxyl groups is 1. The molecule has 0 radical (unpaired) electrons. The molecule has 1 aliphatic heterocycles. The van der Waals surface area contributed by atoms with Crippen LogP contribution in [-0.2, 0) is 0 Å². The summed E-state index contributed by atoms with van der Waals surface area (Å²) in [7, 11) is 0. The monoisotopic (exact) mass is 267 g/mol. The van der Waals surface area contributed by atoms with E-state index >= 15 is 0 Å². The number of benzene rings is 1. The van der Waals surface area contributed by atoms with E-state index in [0.29, 0.717) is 23.0 Å². The van der Waals surface area contributed by atoms with Gasteiger partial charge in [0.25, 0.3) is 0 Å². The first-order chi connectivity index (χ1) is 8.70. The van der Waals surface area contributed by atoms with E-state index in [1.807, 2.05) is 12.1 Å². The number of carbonyl (C=O) groups is 1. The molecule has 2 rings (SSSR count). The molecule has 0 aromatic heterocycles. The maximum absolute atomic E-state index is 12.1. The van der Waals surface area contributed by atoms with Gasteiger partial charge in [-0.2, -0.15) is 0 Å². The van der Waals surface area contributed by atoms with Gasteiger partial charge in [0.05, 0.1) is 11.6 Å². The third-order valence-electron chi connectivity index (χ3n) is 3.40. The van der Waals surface area contributed by atoms with Gasteiger partial charge in [0, 0.05) is 18.7 Å². The number of ketones is 1. The number of aliphatic hydroxyl groups excluding tert-OH is 1. The van der Waals surface area contributed by atoms with E-state index in [1.54, 1.807) is 12.1 Å². The summed E-state index contributed by atoms with van der Waals surface area (Å²) >= 11 is 6.01. The zero-order valence-corrected chi connectivity index (χ0v) is 11.1. The standard InChI is InChI=1S/C14H18ClNO2/c15-13-6-2-1-5-12(13)14(18)9-16-7-3-4-11(8-16)10-17/h1-2,5-6,11,17H,3-4,7-10H2. The summed E-state index contributed by atoms with van der Waals surface area (Å²) in [4.78, 5) is 14.2. The van der Waals surface area contributed by atoms with Crippen molar-refractivity contribution in [1.82, 2.24) is 4.90 Å². The lowest BCUT2D eigenvalue weighted by Crippen LogP contribution is -2.39. The Morgan fingerprint density at radius 3 is 2.94 bits per heavy atom. The quantitative estimate of drug-likeness (QED) is 0.851. The van der Waals surface area contributed by atoms with Crippen molar-refractivity contribution in [2.24, 2.45) is 5.92 Å². The van der Waals surface area contributed by atoms with Crippen LogP contribution in [0.4, 0.5) is 0 Å². The van der Waals surface area contributed by atoms with Crippen LogP contribution in [0.1, 0.15) is 23.2 Å². The Morgan fingerprint density at radius 1 is 1.44 bits per heavy atom. The molecule has 0 aliphatic carbocycles. The van der Waals surface area contributed by atoms with Crippen LogP contribution in [0.3, 0.4) is 0 Å². The van der Waals surface area contributed by atoms with Crippen molar-refractivity contribution >= 4 is 17.4 Å². The average Bonchev–Trinajstić information content (AvgIpc) is 2.39. The number of Topliss-reactive ketones (excluding diaryl/α,β-unsaturated/α-hetero) is 1. The number of halogens is 1. The minimum Gasteiger partial charge on any atom is -0.396 e. The SMILES string of the molecule is O=C(CN1CCCC(CO)C1)c1ccccc1Cl. The summed E-state index contributed by atoms with van der Waals surface area (Å²) in [5.41, 5.74) is 0.588. The summed E-state index contributed by atoms with van der Waals surface area (Å²) < 4.78 is 0. The highest BCUT2D eigenvalue weighted by Gasteiger charge is 2.22. The molecule has 1 fully saturated rings. The first-order valence-corrected chi connectivity index (χ1v) is 6.69. The molecule has 1 saturated heterocycles. The zero-order chi connectivity index (χ0) is 13.0. The van der Waals surface area contributed by atoms with Gasteiger partial charge in [0.2, 0.25) is 0 Å². The van der Waals surface area contributed by atoms with Crippen LogP contribution < -0.4 is 0 Å². The highest BCUT2D eigenvalue weighted by molar-refractivity contribution is 6.34. The van der Waals surface area contributed by atoms with E-state index < -0.39 is 0 Å². The van der Waals surface area contributed by atoms with Crippen molar-refractivity contribution in [2.45, 2.75) is 12.8 Å². The maximum atomic E-state index is 12.1. The van der Waals surface area contributed by atoms with E-state index in [-0.39, 0.29) is 12.4 Å². The zero-order valence-electron chi connectivity index (χ0n) is 10.3. The van der Waals surface area contributed by atoms with Gasteiger partial charge in [-0.05, 0) is 37.4 Å². The fraction of sp³-hybridized carbons (Fsp3) is 0.500. The third kappa shape index (κ3) is 3.31. The number of hydrogen-bond acceptors (Lipinski definition) is 3. The molecular formula is C14H18ClNO2. The number of rotatable bonds is 4. The van der Waals surface area contributed by atoms with Gasteiger partial charge in [-0.3, -0.25) is 9.69 Å². The van der Waals surface area contributed by atoms with Crippen LogP contribution >= 0.6 is 11.6 Å². The minimum absolute atomic E-state index is 0.0548. The molecule has 0 bridgehead atoms. The Morgan fingerprint density at radius 2 is 2.22 bits per heavy atom. The van der Waals surface area contributed by atoms with Crippen molar-refractivity contribution in [3.63, 3.8) is 0 Å². The fourth-order valence-electron chi connectivity index (χ4n) is 2.42. The fourth-order valence-corrected chi connectivity index (χ4v) is 2.66. The molecule has 1 aromatic carbocycles. The number of hydrogen-bond donors (Lipinski definition) is 1. The van der Waals surface area contributed by atoms with E-state index in [0.717, 1.165) is 25.9 Å². The van der Waals surface area contributed by atoms with Crippen molar-refractivity contribution in [2.75, 3.05) is 26.2 Å². The van der Waals surface area contributed by atoms with Gasteiger partial charge in [0.1, 0.15) is 0 Å². The third-order valence-corrected chi connectivity index (χ3v) is 3.73. The van der Waals surface area contributed by atoms with Crippen LogP contribution in [0.25, 0.3) is 0 Å². The normalized spacial score (nSPS) is 20.9. The number of likely N-dealkylation sites (tertiary alicyclic amines) is 1. The molecule has 3 nitrogen and oxygen atoms in total. The highest BCUT2D eigenvalue weighted by Crippen LogP contribution is 2.19. The van der Waals surface area contributed by atoms with E-state index in [1.165, 1.54) is 0 Å². The molecular weight excluding hydrogens is 250 g/mol. The molecule has 1 heterocycles. The Hall–Kier alpha value is -0.900. The maximum Gasteiger partial charge on any atom is 0.178 e. The van der Waals surface area contributed by atoms with Gasteiger partial charge in [0.15, 0.2) is 5.78 Å². The molecule has 0 amide bonds. The summed E-state index contributed by atoms with van der Waals surface area (Å²) in [6, 6.07) is 7.15. The largest absolute Gasteiger partial charge is 0.396 e. The Kier molecular flexibility index (Phi) is 4.75. The van der Waals surface area contributed by atoms with E-state index in [4.69, 9.17) is 11.6 Å². The van der Waals surface area contributed by atoms with Gasteiger partial charge in [-0.15, -0.1) is 0 Å². The predicted octanol–water partition coefficient (Wildman–Crippen LogP) is 2.23. The number of piperidine rings is 1. The second-order valence-electron chi connectivity index (χ2n) is 4.83. The number of carbonyl (C=O) groups excluding carboxylic acids is 1. The second-order valence-corrected chi connectivity index (χ2v) is 5.24. The van der Waals surface area contributed by atoms with Crippen molar-refractivity contribution in [1.29, 1.82) is 0 Å². The summed E-state index contributed by atoms with van der Waals surface area (Å²) in [6.07, 6.45) is 2.09. The lowest BCUT2D eigenvalue weighted by molar-refractivity contribution is 0.0833. The predicted molar refractivity (Wildman–Crippen MR) is 72.0 cm³/mol. The molecule has 1 unspecified atom stereocenters. The van der Waals surface area contributed by atoms with E-state index in [9.17, 15) is 9.90 Å². The Balaban J connectivity index is 1.97. The molecule has 0 spiro atoms. The lowest BCUT2D eigenvalue weighted by atomic mass is 9.98. The van der Waals surface area contributed by atoms with Crippen LogP contribution in [0.5, 0.6) is 0 Å². The second kappa shape index (κ2) is 6.32. The lowest BCUT2D eigenvalue weighted by Gasteiger charge is -2.31. The molecule has 18 heavy (non-hydrogen) atoms. The first kappa shape index (κ1) is 13.5. The summed E-state index contributed by atoms with van der Waals surface area (Å²) in [6.45, 7) is 2.32. The molecule has 98 valence electrons. The molecule has 1 aromatic rings. The van der Waals surface area contributed by atoms with Gasteiger partial charge in [-0.25, -0.2) is 0 Å². The highest BCUT2D eigenvalue weighted by atomic mass is 35.5. The first-order valence-electron chi connectivity index (χ1n) is 6.31. The smallest absolute Gasteiger partial charge is 0.178 e. The van der Waals surface area contributed by atoms with Gasteiger partial charge in [-0.1, -0.05) is 23.7 Å². The molecule has 1 N–H and O–H groups in total. The average molecular weight is 268 g/mol. The van der Waals surface area contributed by atoms with Crippen LogP contribution in [0.2, 0.25) is 5.02 Å². The molecule has 4 heteroatoms. The summed E-state index contributed by atoms with van der Waals surface area (Å²) in [5.74, 6) is 0.358. The van der Waals surface area contributed by atoms with Crippen LogP contribution in [0.15, 0.2) is 24.3 Å². The van der Waals surface area contributed by atoms with Crippen molar-refractivity contribution < 1.29 is 9.90 Å². The molecule has 0 saturated carbocycles. The van der Waals surface area contributed by atoms with Gasteiger partial charge >= 0.3 is 0 Å². The van der Waals surface area contributed by atoms with Crippen LogP contribution in [-0.4, -0.2) is 42.0 Å². The van der Waals surface area contributed by atoms with E-state index in [2.05, 4.69) is 4.90 Å². The number of nitrogens with zero attached hydrogens (tertiary/aromatic N) is 1. The Labute approximate surface area is 112 Å². The summed E-state index contributed by atoms with van der Waals surface area (Å²) in [5, 5.41) is 9.68. The molecule has 1 atom stereocenters. The van der Waals surface area contributed by atoms with Gasteiger partial charge < -0.3 is 5.11 Å². The Bertz CT molecular complexity index is 422.